The van der Waals surface area contributed by atoms with E-state index in [0.717, 1.165) is 38.2 Å². The number of ether oxygens (including phenoxy) is 1. The molecule has 0 aromatic heterocycles. The van der Waals surface area contributed by atoms with Crippen LogP contribution in [0.3, 0.4) is 0 Å². The summed E-state index contributed by atoms with van der Waals surface area (Å²) in [5.41, 5.74) is 1.09. The lowest BCUT2D eigenvalue weighted by Crippen LogP contribution is -2.37. The van der Waals surface area contributed by atoms with E-state index >= 15 is 0 Å². The van der Waals surface area contributed by atoms with Gasteiger partial charge in [-0.2, -0.15) is 0 Å². The van der Waals surface area contributed by atoms with E-state index in [-0.39, 0.29) is 40.9 Å². The molecule has 2 aliphatic rings. The minimum Gasteiger partial charge on any atom is -0.504 e. The number of aromatic hydroxyl groups is 4. The van der Waals surface area contributed by atoms with Gasteiger partial charge in [-0.05, 0) is 86.1 Å². The maximum absolute atomic E-state index is 12.1. The first-order valence-electron chi connectivity index (χ1n) is 12.2. The van der Waals surface area contributed by atoms with Crippen LogP contribution in [-0.4, -0.2) is 55.5 Å². The molecule has 0 aliphatic heterocycles. The number of phenols is 4. The van der Waals surface area contributed by atoms with Crippen molar-refractivity contribution in [1.82, 2.24) is 5.32 Å². The number of carboxylic acid groups (broad SMARTS) is 1. The second-order valence-electron chi connectivity index (χ2n) is 9.21. The number of nitrogens with one attached hydrogen (secondary N) is 1. The van der Waals surface area contributed by atoms with E-state index in [4.69, 9.17) is 20.1 Å². The van der Waals surface area contributed by atoms with Crippen molar-refractivity contribution in [3.05, 3.63) is 59.7 Å². The molecule has 2 saturated carbocycles. The summed E-state index contributed by atoms with van der Waals surface area (Å²) >= 11 is 0. The lowest BCUT2D eigenvalue weighted by atomic mass is 9.86. The number of benzene rings is 2. The van der Waals surface area contributed by atoms with Gasteiger partial charge in [0.2, 0.25) is 5.91 Å². The maximum atomic E-state index is 12.1. The van der Waals surface area contributed by atoms with Crippen LogP contribution in [0, 0.1) is 5.92 Å². The predicted molar refractivity (Wildman–Crippen MR) is 138 cm³/mol. The number of aliphatic carboxylic acids is 1. The molecule has 1 amide bonds. The van der Waals surface area contributed by atoms with E-state index in [1.165, 1.54) is 48.6 Å². The zero-order valence-electron chi connectivity index (χ0n) is 20.6. The summed E-state index contributed by atoms with van der Waals surface area (Å²) in [7, 11) is 0. The van der Waals surface area contributed by atoms with Gasteiger partial charge in [-0.3, -0.25) is 4.79 Å². The van der Waals surface area contributed by atoms with E-state index in [1.807, 2.05) is 0 Å². The van der Waals surface area contributed by atoms with Crippen LogP contribution < -0.4 is 5.32 Å². The van der Waals surface area contributed by atoms with Crippen LogP contribution in [0.15, 0.2) is 48.6 Å². The summed E-state index contributed by atoms with van der Waals surface area (Å²) in [6, 6.07) is 8.69. The molecule has 2 fully saturated rings. The first kappa shape index (κ1) is 28.1. The normalized spacial score (nSPS) is 18.9. The minimum atomic E-state index is -1.06. The van der Waals surface area contributed by atoms with Gasteiger partial charge in [0.1, 0.15) is 6.10 Å². The molecule has 0 heterocycles. The molecule has 2 aliphatic carbocycles. The highest BCUT2D eigenvalue weighted by atomic mass is 16.5. The Labute approximate surface area is 219 Å². The highest BCUT2D eigenvalue weighted by Gasteiger charge is 2.32. The second-order valence-corrected chi connectivity index (χ2v) is 9.21. The van der Waals surface area contributed by atoms with Crippen LogP contribution in [0.25, 0.3) is 12.2 Å². The topological polar surface area (TPSA) is 174 Å². The highest BCUT2D eigenvalue weighted by Crippen LogP contribution is 2.29. The molecule has 10 heteroatoms. The fraction of sp³-hybridized carbons (Fsp3) is 0.321. The summed E-state index contributed by atoms with van der Waals surface area (Å²) < 4.78 is 5.45. The summed E-state index contributed by atoms with van der Waals surface area (Å²) in [6.45, 7) is 0. The van der Waals surface area contributed by atoms with Crippen LogP contribution in [0.2, 0.25) is 0 Å². The number of hydrogen-bond acceptors (Lipinski definition) is 8. The fourth-order valence-corrected chi connectivity index (χ4v) is 3.86. The molecule has 6 N–H and O–H groups in total. The summed E-state index contributed by atoms with van der Waals surface area (Å²) in [5, 5.41) is 48.0. The third-order valence-electron chi connectivity index (χ3n) is 6.03. The average Bonchev–Trinajstić information content (AvgIpc) is 3.70. The Morgan fingerprint density at radius 3 is 1.89 bits per heavy atom. The summed E-state index contributed by atoms with van der Waals surface area (Å²) in [5.74, 6) is -2.48. The predicted octanol–water partition coefficient (Wildman–Crippen LogP) is 3.69. The molecular weight excluding hydrogens is 494 g/mol. The van der Waals surface area contributed by atoms with E-state index < -0.39 is 11.9 Å². The van der Waals surface area contributed by atoms with E-state index in [1.54, 1.807) is 6.07 Å². The Balaban J connectivity index is 0.000000260. The highest BCUT2D eigenvalue weighted by molar-refractivity contribution is 5.87. The molecule has 0 bridgehead atoms. The lowest BCUT2D eigenvalue weighted by molar-refractivity contribution is -0.147. The molecule has 0 radical (unpaired) electrons. The maximum Gasteiger partial charge on any atom is 0.331 e. The number of carbonyl (C=O) groups is 3. The van der Waals surface area contributed by atoms with Crippen molar-refractivity contribution < 1.29 is 44.7 Å². The van der Waals surface area contributed by atoms with Crippen LogP contribution >= 0.6 is 0 Å². The fourth-order valence-electron chi connectivity index (χ4n) is 3.86. The first-order valence-corrected chi connectivity index (χ1v) is 12.2. The number of carbonyl (C=O) groups excluding carboxylic acids is 2. The van der Waals surface area contributed by atoms with Crippen LogP contribution in [0.5, 0.6) is 23.0 Å². The molecule has 2 aromatic rings. The number of amides is 1. The summed E-state index contributed by atoms with van der Waals surface area (Å²) in [6.07, 6.45) is 10.0. The standard InChI is InChI=1S/C19H23NO5.C9H8O4/c21-16-8-4-12(10-17(16)22)5-9-18(23)25-15-3-1-2-13(11-15)19(24)20-14-6-7-14;10-7-3-1-6(5-8(7)11)2-4-9(12)13/h4-5,8-10,13-15,21-22H,1-3,6-7,11H2,(H,20,24);1-5,10-11H,(H,12,13)/b9-5+;4-2+. The Kier molecular flexibility index (Phi) is 9.75. The van der Waals surface area contributed by atoms with Crippen LogP contribution in [0.4, 0.5) is 0 Å². The van der Waals surface area contributed by atoms with Crippen molar-refractivity contribution in [3.8, 4) is 23.0 Å². The zero-order valence-corrected chi connectivity index (χ0v) is 20.6. The van der Waals surface area contributed by atoms with Gasteiger partial charge in [0.25, 0.3) is 0 Å². The number of carboxylic acids is 1. The zero-order chi connectivity index (χ0) is 27.7. The van der Waals surface area contributed by atoms with E-state index in [9.17, 15) is 24.6 Å². The van der Waals surface area contributed by atoms with Crippen molar-refractivity contribution in [3.63, 3.8) is 0 Å². The van der Waals surface area contributed by atoms with E-state index in [2.05, 4.69) is 5.32 Å². The van der Waals surface area contributed by atoms with Crippen molar-refractivity contribution >= 4 is 30.0 Å². The van der Waals surface area contributed by atoms with Gasteiger partial charge in [-0.15, -0.1) is 0 Å². The van der Waals surface area contributed by atoms with Gasteiger partial charge in [-0.1, -0.05) is 12.1 Å². The molecule has 0 saturated heterocycles. The van der Waals surface area contributed by atoms with Crippen molar-refractivity contribution in [1.29, 1.82) is 0 Å². The quantitative estimate of drug-likeness (QED) is 0.179. The molecule has 38 heavy (non-hydrogen) atoms. The molecular formula is C28H31NO9. The second kappa shape index (κ2) is 13.2. The van der Waals surface area contributed by atoms with Gasteiger partial charge in [-0.25, -0.2) is 9.59 Å². The number of rotatable bonds is 7. The van der Waals surface area contributed by atoms with Gasteiger partial charge in [0.05, 0.1) is 0 Å². The van der Waals surface area contributed by atoms with Gasteiger partial charge < -0.3 is 35.6 Å². The lowest BCUT2D eigenvalue weighted by Gasteiger charge is -2.27. The third kappa shape index (κ3) is 9.20. The van der Waals surface area contributed by atoms with E-state index in [0.29, 0.717) is 23.6 Å². The molecule has 2 atom stereocenters. The van der Waals surface area contributed by atoms with Gasteiger partial charge >= 0.3 is 11.9 Å². The Bertz CT molecular complexity index is 1220. The number of phenolic OH excluding ortho intramolecular Hbond substituents is 4. The third-order valence-corrected chi connectivity index (χ3v) is 6.03. The Morgan fingerprint density at radius 1 is 0.789 bits per heavy atom. The summed E-state index contributed by atoms with van der Waals surface area (Å²) in [4.78, 5) is 34.2. The van der Waals surface area contributed by atoms with Crippen molar-refractivity contribution in [2.75, 3.05) is 0 Å². The van der Waals surface area contributed by atoms with Crippen LogP contribution in [0.1, 0.15) is 49.7 Å². The van der Waals surface area contributed by atoms with Crippen molar-refractivity contribution in [2.24, 2.45) is 5.92 Å². The largest absolute Gasteiger partial charge is 0.504 e. The molecule has 202 valence electrons. The van der Waals surface area contributed by atoms with Crippen molar-refractivity contribution in [2.45, 2.75) is 50.7 Å². The molecule has 2 aromatic carbocycles. The molecule has 4 rings (SSSR count). The Hall–Kier alpha value is -4.47. The first-order chi connectivity index (χ1) is 18.1. The monoisotopic (exact) mass is 525 g/mol. The SMILES string of the molecule is O=C(/C=C/c1ccc(O)c(O)c1)OC1CCCC(C(=O)NC2CC2)C1.O=C(O)/C=C/c1ccc(O)c(O)c1. The molecule has 2 unspecified atom stereocenters. The molecule has 0 spiro atoms. The smallest absolute Gasteiger partial charge is 0.331 e. The van der Waals surface area contributed by atoms with Gasteiger partial charge in [0, 0.05) is 24.1 Å². The number of esters is 1. The van der Waals surface area contributed by atoms with Gasteiger partial charge in [0.15, 0.2) is 23.0 Å². The number of hydrogen-bond donors (Lipinski definition) is 6. The minimum absolute atomic E-state index is 0.0785. The Morgan fingerprint density at radius 2 is 1.37 bits per heavy atom. The average molecular weight is 526 g/mol. The molecule has 10 nitrogen and oxygen atoms in total. The van der Waals surface area contributed by atoms with Crippen LogP contribution in [-0.2, 0) is 19.1 Å².